The maximum absolute atomic E-state index is 12.7. The van der Waals surface area contributed by atoms with E-state index in [1.54, 1.807) is 19.1 Å². The first-order chi connectivity index (χ1) is 12.8. The Morgan fingerprint density at radius 3 is 2.15 bits per heavy atom. The quantitative estimate of drug-likeness (QED) is 0.706. The summed E-state index contributed by atoms with van der Waals surface area (Å²) in [5.41, 5.74) is 5.91. The molecule has 0 heterocycles. The second-order valence-corrected chi connectivity index (χ2v) is 7.53. The fourth-order valence-corrected chi connectivity index (χ4v) is 3.75. The topological polar surface area (TPSA) is 119 Å². The van der Waals surface area contributed by atoms with E-state index >= 15 is 0 Å². The maximum Gasteiger partial charge on any atom is 0.248 e. The van der Waals surface area contributed by atoms with Gasteiger partial charge in [-0.3, -0.25) is 9.59 Å². The highest BCUT2D eigenvalue weighted by molar-refractivity contribution is 7.89. The van der Waals surface area contributed by atoms with Gasteiger partial charge in [-0.25, -0.2) is 8.42 Å². The number of nitrogens with zero attached hydrogens (tertiary/aromatic N) is 1. The van der Waals surface area contributed by atoms with Gasteiger partial charge in [0.2, 0.25) is 21.8 Å². The number of sulfonamides is 1. The number of benzene rings is 2. The van der Waals surface area contributed by atoms with E-state index in [1.165, 1.54) is 43.5 Å². The van der Waals surface area contributed by atoms with Crippen molar-refractivity contribution in [1.82, 2.24) is 4.31 Å². The van der Waals surface area contributed by atoms with E-state index in [1.807, 2.05) is 0 Å². The number of amides is 2. The summed E-state index contributed by atoms with van der Waals surface area (Å²) in [7, 11) is -2.34. The third-order valence-corrected chi connectivity index (χ3v) is 5.76. The van der Waals surface area contributed by atoms with Crippen LogP contribution < -0.4 is 15.8 Å². The summed E-state index contributed by atoms with van der Waals surface area (Å²) in [6.07, 6.45) is 0. The molecule has 2 rings (SSSR count). The first-order valence-electron chi connectivity index (χ1n) is 8.12. The van der Waals surface area contributed by atoms with Crippen LogP contribution in [0.1, 0.15) is 17.3 Å². The Kier molecular flexibility index (Phi) is 6.54. The molecule has 0 atom stereocenters. The third kappa shape index (κ3) is 5.05. The van der Waals surface area contributed by atoms with Gasteiger partial charge >= 0.3 is 0 Å². The van der Waals surface area contributed by atoms with Crippen LogP contribution in [0.2, 0.25) is 0 Å². The van der Waals surface area contributed by atoms with Gasteiger partial charge in [0.25, 0.3) is 0 Å². The van der Waals surface area contributed by atoms with Gasteiger partial charge in [0.1, 0.15) is 5.75 Å². The molecule has 8 nitrogen and oxygen atoms in total. The summed E-state index contributed by atoms with van der Waals surface area (Å²) in [5, 5.41) is 2.60. The molecule has 9 heteroatoms. The molecule has 0 fully saturated rings. The van der Waals surface area contributed by atoms with Crippen LogP contribution in [0.15, 0.2) is 53.4 Å². The summed E-state index contributed by atoms with van der Waals surface area (Å²) in [5.74, 6) is -0.537. The number of likely N-dealkylation sites (N-methyl/N-ethyl adjacent to an activating group) is 1. The number of carbonyl (C=O) groups excluding carboxylic acids is 2. The lowest BCUT2D eigenvalue weighted by Gasteiger charge is -2.20. The van der Waals surface area contributed by atoms with Crippen molar-refractivity contribution < 1.29 is 22.7 Å². The lowest BCUT2D eigenvalue weighted by atomic mass is 10.2. The molecule has 0 aliphatic rings. The first-order valence-corrected chi connectivity index (χ1v) is 9.56. The van der Waals surface area contributed by atoms with E-state index < -0.39 is 21.8 Å². The molecule has 144 valence electrons. The van der Waals surface area contributed by atoms with Crippen LogP contribution >= 0.6 is 0 Å². The van der Waals surface area contributed by atoms with Crippen LogP contribution in [0.4, 0.5) is 5.69 Å². The number of rotatable bonds is 8. The number of methoxy groups -OCH3 is 1. The lowest BCUT2D eigenvalue weighted by Crippen LogP contribution is -2.37. The van der Waals surface area contributed by atoms with Crippen molar-refractivity contribution >= 4 is 27.5 Å². The average molecular weight is 391 g/mol. The van der Waals surface area contributed by atoms with Crippen molar-refractivity contribution in [2.24, 2.45) is 5.73 Å². The fraction of sp³-hybridized carbons (Fsp3) is 0.222. The Hall–Kier alpha value is -2.91. The van der Waals surface area contributed by atoms with E-state index in [0.717, 1.165) is 4.31 Å². The number of hydrogen-bond donors (Lipinski definition) is 2. The van der Waals surface area contributed by atoms with E-state index in [9.17, 15) is 18.0 Å². The summed E-state index contributed by atoms with van der Waals surface area (Å²) >= 11 is 0. The monoisotopic (exact) mass is 391 g/mol. The minimum absolute atomic E-state index is 0.0729. The zero-order valence-corrected chi connectivity index (χ0v) is 15.8. The molecule has 3 N–H and O–H groups in total. The summed E-state index contributed by atoms with van der Waals surface area (Å²) in [4.78, 5) is 23.4. The molecule has 0 spiro atoms. The Morgan fingerprint density at radius 2 is 1.67 bits per heavy atom. The molecule has 0 aliphatic heterocycles. The molecule has 2 amide bonds. The number of nitrogens with two attached hydrogens (primary N) is 1. The van der Waals surface area contributed by atoms with Crippen LogP contribution in [0.5, 0.6) is 5.75 Å². The number of carbonyl (C=O) groups is 2. The molecule has 0 unspecified atom stereocenters. The van der Waals surface area contributed by atoms with Crippen LogP contribution in [-0.2, 0) is 14.8 Å². The molecule has 0 aromatic heterocycles. The predicted molar refractivity (Wildman–Crippen MR) is 101 cm³/mol. The van der Waals surface area contributed by atoms with Crippen molar-refractivity contribution in [3.05, 3.63) is 54.1 Å². The van der Waals surface area contributed by atoms with Gasteiger partial charge in [0.05, 0.1) is 18.6 Å². The molecular weight excluding hydrogens is 370 g/mol. The summed E-state index contributed by atoms with van der Waals surface area (Å²) in [6.45, 7) is 1.43. The molecule has 2 aromatic carbocycles. The van der Waals surface area contributed by atoms with E-state index in [4.69, 9.17) is 10.5 Å². The van der Waals surface area contributed by atoms with Crippen LogP contribution in [0.25, 0.3) is 0 Å². The number of nitrogens with one attached hydrogen (secondary N) is 1. The normalized spacial score (nSPS) is 11.2. The van der Waals surface area contributed by atoms with Gasteiger partial charge in [-0.2, -0.15) is 4.31 Å². The van der Waals surface area contributed by atoms with Gasteiger partial charge < -0.3 is 15.8 Å². The van der Waals surface area contributed by atoms with Gasteiger partial charge in [-0.05, 0) is 48.5 Å². The molecular formula is C18H21N3O5S. The van der Waals surface area contributed by atoms with Crippen molar-refractivity contribution in [3.63, 3.8) is 0 Å². The lowest BCUT2D eigenvalue weighted by molar-refractivity contribution is -0.116. The number of anilines is 1. The van der Waals surface area contributed by atoms with Gasteiger partial charge in [0.15, 0.2) is 0 Å². The Labute approximate surface area is 158 Å². The number of primary amides is 1. The number of hydrogen-bond acceptors (Lipinski definition) is 5. The van der Waals surface area contributed by atoms with Crippen molar-refractivity contribution in [3.8, 4) is 5.75 Å². The SMILES string of the molecule is CCN(CC(=O)Nc1ccc(C(N)=O)cc1)S(=O)(=O)c1ccc(OC)cc1. The summed E-state index contributed by atoms with van der Waals surface area (Å²) in [6, 6.07) is 11.9. The molecule has 0 saturated carbocycles. The molecule has 0 radical (unpaired) electrons. The standard InChI is InChI=1S/C18H21N3O5S/c1-3-21(27(24,25)16-10-8-15(26-2)9-11-16)12-17(22)20-14-6-4-13(5-7-14)18(19)23/h4-11H,3,12H2,1-2H3,(H2,19,23)(H,20,22). The highest BCUT2D eigenvalue weighted by Gasteiger charge is 2.25. The Bertz CT molecular complexity index is 909. The van der Waals surface area contributed by atoms with Crippen molar-refractivity contribution in [1.29, 1.82) is 0 Å². The van der Waals surface area contributed by atoms with Crippen molar-refractivity contribution in [2.75, 3.05) is 25.5 Å². The summed E-state index contributed by atoms with van der Waals surface area (Å²) < 4.78 is 31.5. The van der Waals surface area contributed by atoms with Crippen LogP contribution in [0, 0.1) is 0 Å². The average Bonchev–Trinajstić information content (AvgIpc) is 2.66. The minimum atomic E-state index is -3.83. The Morgan fingerprint density at radius 1 is 1.07 bits per heavy atom. The smallest absolute Gasteiger partial charge is 0.248 e. The van der Waals surface area contributed by atoms with Gasteiger partial charge in [0, 0.05) is 17.8 Å². The molecule has 0 aliphatic carbocycles. The van der Waals surface area contributed by atoms with E-state index in [-0.39, 0.29) is 18.0 Å². The molecule has 0 saturated heterocycles. The highest BCUT2D eigenvalue weighted by atomic mass is 32.2. The second kappa shape index (κ2) is 8.65. The van der Waals surface area contributed by atoms with E-state index in [0.29, 0.717) is 17.0 Å². The minimum Gasteiger partial charge on any atom is -0.497 e. The van der Waals surface area contributed by atoms with Gasteiger partial charge in [-0.15, -0.1) is 0 Å². The van der Waals surface area contributed by atoms with Crippen LogP contribution in [-0.4, -0.2) is 44.7 Å². The zero-order valence-electron chi connectivity index (χ0n) is 15.0. The maximum atomic E-state index is 12.7. The first kappa shape index (κ1) is 20.4. The van der Waals surface area contributed by atoms with Crippen LogP contribution in [0.3, 0.4) is 0 Å². The Balaban J connectivity index is 2.09. The third-order valence-electron chi connectivity index (χ3n) is 3.82. The van der Waals surface area contributed by atoms with Gasteiger partial charge in [-0.1, -0.05) is 6.92 Å². The number of ether oxygens (including phenoxy) is 1. The van der Waals surface area contributed by atoms with E-state index in [2.05, 4.69) is 5.32 Å². The zero-order chi connectivity index (χ0) is 20.0. The largest absolute Gasteiger partial charge is 0.497 e. The second-order valence-electron chi connectivity index (χ2n) is 5.60. The highest BCUT2D eigenvalue weighted by Crippen LogP contribution is 2.19. The predicted octanol–water partition coefficient (Wildman–Crippen LogP) is 1.44. The fourth-order valence-electron chi connectivity index (χ4n) is 2.34. The van der Waals surface area contributed by atoms with Crippen molar-refractivity contribution in [2.45, 2.75) is 11.8 Å². The molecule has 0 bridgehead atoms. The molecule has 2 aromatic rings. The molecule has 27 heavy (non-hydrogen) atoms.